The van der Waals surface area contributed by atoms with Crippen LogP contribution in [0.25, 0.3) is 0 Å². The molecule has 0 aromatic heterocycles. The van der Waals surface area contributed by atoms with Gasteiger partial charge in [-0.2, -0.15) is 0 Å². The fourth-order valence-corrected chi connectivity index (χ4v) is 1.99. The minimum atomic E-state index is 0.717. The van der Waals surface area contributed by atoms with Crippen LogP contribution < -0.4 is 5.32 Å². The summed E-state index contributed by atoms with van der Waals surface area (Å²) >= 11 is 0. The maximum absolute atomic E-state index is 5.34. The van der Waals surface area contributed by atoms with E-state index < -0.39 is 0 Å². The summed E-state index contributed by atoms with van der Waals surface area (Å²) in [6.07, 6.45) is 1.21. The molecule has 1 aromatic carbocycles. The molecule has 1 unspecified atom stereocenters. The smallest absolute Gasteiger partial charge is 0.0507 e. The average molecular weight is 205 g/mol. The van der Waals surface area contributed by atoms with Crippen molar-refractivity contribution in [2.75, 3.05) is 19.8 Å². The maximum atomic E-state index is 5.34. The Bertz CT molecular complexity index is 305. The van der Waals surface area contributed by atoms with Crippen LogP contribution in [0.1, 0.15) is 17.5 Å². The number of aryl methyl sites for hydroxylation is 1. The highest BCUT2D eigenvalue weighted by atomic mass is 16.5. The van der Waals surface area contributed by atoms with E-state index in [-0.39, 0.29) is 0 Å². The van der Waals surface area contributed by atoms with E-state index in [1.54, 1.807) is 0 Å². The second-order valence-corrected chi connectivity index (χ2v) is 4.35. The van der Waals surface area contributed by atoms with Gasteiger partial charge in [-0.15, -0.1) is 0 Å². The van der Waals surface area contributed by atoms with Crippen LogP contribution in [0.3, 0.4) is 0 Å². The molecule has 1 heterocycles. The van der Waals surface area contributed by atoms with Gasteiger partial charge in [-0.05, 0) is 24.8 Å². The first-order chi connectivity index (χ1) is 7.34. The zero-order valence-electron chi connectivity index (χ0n) is 9.33. The van der Waals surface area contributed by atoms with Crippen LogP contribution in [0, 0.1) is 12.8 Å². The molecule has 1 saturated heterocycles. The average Bonchev–Trinajstić information content (AvgIpc) is 2.71. The largest absolute Gasteiger partial charge is 0.381 e. The van der Waals surface area contributed by atoms with Crippen LogP contribution in [-0.4, -0.2) is 19.8 Å². The maximum Gasteiger partial charge on any atom is 0.0507 e. The molecule has 2 nitrogen and oxygen atoms in total. The Labute approximate surface area is 91.6 Å². The van der Waals surface area contributed by atoms with E-state index in [1.165, 1.54) is 17.5 Å². The second-order valence-electron chi connectivity index (χ2n) is 4.35. The van der Waals surface area contributed by atoms with E-state index in [2.05, 4.69) is 36.5 Å². The first kappa shape index (κ1) is 10.7. The molecule has 2 rings (SSSR count). The molecule has 0 saturated carbocycles. The van der Waals surface area contributed by atoms with Gasteiger partial charge in [0.1, 0.15) is 0 Å². The zero-order chi connectivity index (χ0) is 10.5. The van der Waals surface area contributed by atoms with Crippen molar-refractivity contribution < 1.29 is 4.74 Å². The molecule has 0 radical (unpaired) electrons. The van der Waals surface area contributed by atoms with Crippen molar-refractivity contribution in [1.29, 1.82) is 0 Å². The SMILES string of the molecule is Cc1cccc(CNCC2CCOC2)c1. The number of nitrogens with one attached hydrogen (secondary N) is 1. The summed E-state index contributed by atoms with van der Waals surface area (Å²) in [6, 6.07) is 8.66. The van der Waals surface area contributed by atoms with Gasteiger partial charge in [0.2, 0.25) is 0 Å². The van der Waals surface area contributed by atoms with Gasteiger partial charge in [0.25, 0.3) is 0 Å². The second kappa shape index (κ2) is 5.29. The molecule has 2 heteroatoms. The summed E-state index contributed by atoms with van der Waals surface area (Å²) in [5.41, 5.74) is 2.70. The molecule has 82 valence electrons. The molecule has 0 aliphatic carbocycles. The fourth-order valence-electron chi connectivity index (χ4n) is 1.99. The minimum absolute atomic E-state index is 0.717. The van der Waals surface area contributed by atoms with E-state index in [0.717, 1.165) is 32.2 Å². The lowest BCUT2D eigenvalue weighted by atomic mass is 10.1. The van der Waals surface area contributed by atoms with E-state index >= 15 is 0 Å². The molecule has 1 aliphatic heterocycles. The Hall–Kier alpha value is -0.860. The first-order valence-electron chi connectivity index (χ1n) is 5.68. The van der Waals surface area contributed by atoms with Crippen LogP contribution in [0.15, 0.2) is 24.3 Å². The van der Waals surface area contributed by atoms with Crippen molar-refractivity contribution in [3.8, 4) is 0 Å². The Balaban J connectivity index is 1.73. The highest BCUT2D eigenvalue weighted by molar-refractivity contribution is 5.21. The van der Waals surface area contributed by atoms with Crippen molar-refractivity contribution in [1.82, 2.24) is 5.32 Å². The summed E-state index contributed by atoms with van der Waals surface area (Å²) < 4.78 is 5.34. The van der Waals surface area contributed by atoms with Gasteiger partial charge in [0, 0.05) is 19.7 Å². The predicted octanol–water partition coefficient (Wildman–Crippen LogP) is 2.12. The van der Waals surface area contributed by atoms with Crippen molar-refractivity contribution in [2.24, 2.45) is 5.92 Å². The van der Waals surface area contributed by atoms with Gasteiger partial charge in [-0.3, -0.25) is 0 Å². The molecule has 1 aliphatic rings. The van der Waals surface area contributed by atoms with Crippen LogP contribution in [0.4, 0.5) is 0 Å². The lowest BCUT2D eigenvalue weighted by molar-refractivity contribution is 0.185. The van der Waals surface area contributed by atoms with Crippen LogP contribution in [0.5, 0.6) is 0 Å². The van der Waals surface area contributed by atoms with Crippen molar-refractivity contribution in [3.63, 3.8) is 0 Å². The third-order valence-corrected chi connectivity index (χ3v) is 2.87. The number of ether oxygens (including phenoxy) is 1. The van der Waals surface area contributed by atoms with Gasteiger partial charge >= 0.3 is 0 Å². The third kappa shape index (κ3) is 3.33. The van der Waals surface area contributed by atoms with Gasteiger partial charge in [0.15, 0.2) is 0 Å². The quantitative estimate of drug-likeness (QED) is 0.813. The lowest BCUT2D eigenvalue weighted by Gasteiger charge is -2.09. The summed E-state index contributed by atoms with van der Waals surface area (Å²) in [5.74, 6) is 0.717. The highest BCUT2D eigenvalue weighted by Gasteiger charge is 2.14. The Kier molecular flexibility index (Phi) is 3.75. The summed E-state index contributed by atoms with van der Waals surface area (Å²) in [7, 11) is 0. The summed E-state index contributed by atoms with van der Waals surface area (Å²) in [6.45, 7) is 6.05. The number of rotatable bonds is 4. The van der Waals surface area contributed by atoms with Crippen molar-refractivity contribution >= 4 is 0 Å². The zero-order valence-corrected chi connectivity index (χ0v) is 9.33. The fraction of sp³-hybridized carbons (Fsp3) is 0.538. The third-order valence-electron chi connectivity index (χ3n) is 2.87. The molecular formula is C13H19NO. The van der Waals surface area contributed by atoms with Gasteiger partial charge in [-0.1, -0.05) is 29.8 Å². The lowest BCUT2D eigenvalue weighted by Crippen LogP contribution is -2.22. The van der Waals surface area contributed by atoms with E-state index in [9.17, 15) is 0 Å². The normalized spacial score (nSPS) is 20.7. The predicted molar refractivity (Wildman–Crippen MR) is 61.8 cm³/mol. The summed E-state index contributed by atoms with van der Waals surface area (Å²) in [4.78, 5) is 0. The molecule has 1 N–H and O–H groups in total. The Morgan fingerprint density at radius 2 is 2.40 bits per heavy atom. The Morgan fingerprint density at radius 3 is 3.13 bits per heavy atom. The van der Waals surface area contributed by atoms with Crippen LogP contribution in [0.2, 0.25) is 0 Å². The van der Waals surface area contributed by atoms with Crippen LogP contribution in [-0.2, 0) is 11.3 Å². The molecule has 1 fully saturated rings. The molecule has 0 amide bonds. The molecule has 0 spiro atoms. The van der Waals surface area contributed by atoms with E-state index in [0.29, 0.717) is 0 Å². The van der Waals surface area contributed by atoms with Crippen molar-refractivity contribution in [3.05, 3.63) is 35.4 Å². The molecule has 1 aromatic rings. The topological polar surface area (TPSA) is 21.3 Å². The molecule has 1 atom stereocenters. The molecule has 0 bridgehead atoms. The van der Waals surface area contributed by atoms with Crippen molar-refractivity contribution in [2.45, 2.75) is 19.9 Å². The number of hydrogen-bond donors (Lipinski definition) is 1. The minimum Gasteiger partial charge on any atom is -0.381 e. The number of hydrogen-bond acceptors (Lipinski definition) is 2. The first-order valence-corrected chi connectivity index (χ1v) is 5.68. The molecule has 15 heavy (non-hydrogen) atoms. The highest BCUT2D eigenvalue weighted by Crippen LogP contribution is 2.11. The number of benzene rings is 1. The van der Waals surface area contributed by atoms with E-state index in [4.69, 9.17) is 4.74 Å². The summed E-state index contributed by atoms with van der Waals surface area (Å²) in [5, 5.41) is 3.49. The van der Waals surface area contributed by atoms with Crippen LogP contribution >= 0.6 is 0 Å². The van der Waals surface area contributed by atoms with Gasteiger partial charge < -0.3 is 10.1 Å². The Morgan fingerprint density at radius 1 is 1.47 bits per heavy atom. The monoisotopic (exact) mass is 205 g/mol. The molecular weight excluding hydrogens is 186 g/mol. The van der Waals surface area contributed by atoms with Gasteiger partial charge in [0.05, 0.1) is 6.61 Å². The van der Waals surface area contributed by atoms with Gasteiger partial charge in [-0.25, -0.2) is 0 Å². The van der Waals surface area contributed by atoms with E-state index in [1.807, 2.05) is 0 Å². The standard InChI is InChI=1S/C13H19NO/c1-11-3-2-4-12(7-11)8-14-9-13-5-6-15-10-13/h2-4,7,13-14H,5-6,8-10H2,1H3.